The highest BCUT2D eigenvalue weighted by molar-refractivity contribution is 7.99. The Balaban J connectivity index is 1.98. The first-order valence-electron chi connectivity index (χ1n) is 7.48. The molecule has 0 heterocycles. The second-order valence-corrected chi connectivity index (χ2v) is 6.29. The first kappa shape index (κ1) is 13.0. The lowest BCUT2D eigenvalue weighted by atomic mass is 9.91. The van der Waals surface area contributed by atoms with Crippen LogP contribution in [0.15, 0.2) is 29.1 Å². The quantitative estimate of drug-likeness (QED) is 0.815. The fourth-order valence-electron chi connectivity index (χ4n) is 2.52. The monoisotopic (exact) mass is 276 g/mol. The van der Waals surface area contributed by atoms with Crippen molar-refractivity contribution in [2.24, 2.45) is 5.92 Å². The molecule has 1 atom stereocenters. The van der Waals surface area contributed by atoms with Gasteiger partial charge in [0.15, 0.2) is 0 Å². The molecule has 0 aliphatic heterocycles. The fraction of sp³-hybridized carbons (Fsp3) is 0.562. The minimum absolute atomic E-state index is 0.0795. The zero-order valence-corrected chi connectivity index (χ0v) is 12.0. The van der Waals surface area contributed by atoms with Crippen LogP contribution in [0.25, 0.3) is 0 Å². The molecule has 102 valence electrons. The molecule has 1 aliphatic carbocycles. The van der Waals surface area contributed by atoms with E-state index in [1.165, 1.54) is 32.1 Å². The van der Waals surface area contributed by atoms with Gasteiger partial charge in [-0.2, -0.15) is 5.26 Å². The van der Waals surface area contributed by atoms with Crippen LogP contribution in [0.4, 0.5) is 0 Å². The lowest BCUT2D eigenvalue weighted by Crippen LogP contribution is -2.08. The summed E-state index contributed by atoms with van der Waals surface area (Å²) in [5, 5.41) is 18.5. The van der Waals surface area contributed by atoms with Crippen LogP contribution < -0.4 is 0 Å². The number of nitriles is 1. The van der Waals surface area contributed by atoms with Crippen molar-refractivity contribution in [2.75, 3.05) is 5.75 Å². The molecule has 0 spiro atoms. The van der Waals surface area contributed by atoms with Gasteiger partial charge in [0.2, 0.25) is 0 Å². The maximum Gasteiger partial charge on any atom is 0.0920 e. The third kappa shape index (κ3) is 4.56. The Kier molecular flexibility index (Phi) is 5.19. The SMILES string of the molecule is [2H]c1cc(SCC2CCCCC2)cc(C(O)CC#N)c1. The molecule has 1 N–H and O–H groups in total. The molecule has 2 nitrogen and oxygen atoms in total. The molecule has 19 heavy (non-hydrogen) atoms. The normalized spacial score (nSPS) is 18.6. The molecule has 3 heteroatoms. The lowest BCUT2D eigenvalue weighted by molar-refractivity contribution is 0.183. The third-order valence-electron chi connectivity index (χ3n) is 3.66. The topological polar surface area (TPSA) is 44.0 Å². The minimum Gasteiger partial charge on any atom is -0.387 e. The molecular weight excluding hydrogens is 254 g/mol. The highest BCUT2D eigenvalue weighted by atomic mass is 32.2. The van der Waals surface area contributed by atoms with E-state index in [1.807, 2.05) is 18.2 Å². The highest BCUT2D eigenvalue weighted by Gasteiger charge is 2.14. The van der Waals surface area contributed by atoms with Crippen molar-refractivity contribution in [1.29, 1.82) is 5.26 Å². The molecule has 0 amide bonds. The van der Waals surface area contributed by atoms with Crippen molar-refractivity contribution in [3.05, 3.63) is 29.8 Å². The molecule has 0 aromatic heterocycles. The summed E-state index contributed by atoms with van der Waals surface area (Å²) in [7, 11) is 0. The van der Waals surface area contributed by atoms with Crippen molar-refractivity contribution >= 4 is 11.8 Å². The summed E-state index contributed by atoms with van der Waals surface area (Å²) >= 11 is 1.78. The third-order valence-corrected chi connectivity index (χ3v) is 4.87. The molecule has 0 saturated heterocycles. The van der Waals surface area contributed by atoms with E-state index in [0.29, 0.717) is 11.6 Å². The van der Waals surface area contributed by atoms with Crippen LogP contribution >= 0.6 is 11.8 Å². The summed E-state index contributed by atoms with van der Waals surface area (Å²) in [5.41, 5.74) is 0.685. The molecule has 0 bridgehead atoms. The average Bonchev–Trinajstić information content (AvgIpc) is 2.46. The van der Waals surface area contributed by atoms with Crippen LogP contribution in [0.3, 0.4) is 0 Å². The standard InChI is InChI=1S/C16H21NOS/c17-10-9-16(18)14-7-4-8-15(11-14)19-12-13-5-2-1-3-6-13/h4,7-8,11,13,16,18H,1-3,5-6,9,12H2/i4D. The summed E-state index contributed by atoms with van der Waals surface area (Å²) < 4.78 is 7.82. The van der Waals surface area contributed by atoms with Gasteiger partial charge in [-0.15, -0.1) is 11.8 Å². The van der Waals surface area contributed by atoms with Crippen LogP contribution in [0, 0.1) is 17.2 Å². The van der Waals surface area contributed by atoms with E-state index >= 15 is 0 Å². The molecule has 1 aromatic rings. The molecule has 1 aliphatic rings. The predicted octanol–water partition coefficient (Wildman–Crippen LogP) is 4.31. The van der Waals surface area contributed by atoms with Crippen molar-refractivity contribution < 1.29 is 6.48 Å². The summed E-state index contributed by atoms with van der Waals surface area (Å²) in [5.74, 6) is 1.88. The Morgan fingerprint density at radius 2 is 2.21 bits per heavy atom. The van der Waals surface area contributed by atoms with Crippen LogP contribution in [-0.2, 0) is 0 Å². The zero-order valence-electron chi connectivity index (χ0n) is 12.1. The van der Waals surface area contributed by atoms with E-state index in [0.717, 1.165) is 16.6 Å². The summed E-state index contributed by atoms with van der Waals surface area (Å²) in [6.07, 6.45) is 5.99. The summed E-state index contributed by atoms with van der Waals surface area (Å²) in [6, 6.07) is 7.79. The molecule has 1 aromatic carbocycles. The predicted molar refractivity (Wildman–Crippen MR) is 78.9 cm³/mol. The van der Waals surface area contributed by atoms with E-state index in [2.05, 4.69) is 0 Å². The average molecular weight is 276 g/mol. The first-order chi connectivity index (χ1) is 9.69. The van der Waals surface area contributed by atoms with Gasteiger partial charge in [0.25, 0.3) is 0 Å². The number of nitrogens with zero attached hydrogens (tertiary/aromatic N) is 1. The number of hydrogen-bond acceptors (Lipinski definition) is 3. The molecular formula is C16H21NOS. The lowest BCUT2D eigenvalue weighted by Gasteiger charge is -2.21. The number of aliphatic hydroxyl groups is 1. The van der Waals surface area contributed by atoms with Gasteiger partial charge >= 0.3 is 0 Å². The van der Waals surface area contributed by atoms with E-state index < -0.39 is 6.10 Å². The van der Waals surface area contributed by atoms with E-state index in [-0.39, 0.29) is 6.42 Å². The van der Waals surface area contributed by atoms with E-state index in [9.17, 15) is 5.11 Å². The molecule has 1 saturated carbocycles. The minimum atomic E-state index is -0.778. The molecule has 0 radical (unpaired) electrons. The first-order valence-corrected chi connectivity index (χ1v) is 7.97. The Labute approximate surface area is 121 Å². The smallest absolute Gasteiger partial charge is 0.0920 e. The summed E-state index contributed by atoms with van der Waals surface area (Å²) in [4.78, 5) is 1.04. The second kappa shape index (κ2) is 7.57. The molecule has 1 fully saturated rings. The van der Waals surface area contributed by atoms with Gasteiger partial charge in [-0.25, -0.2) is 0 Å². The van der Waals surface area contributed by atoms with Crippen molar-refractivity contribution in [1.82, 2.24) is 0 Å². The maximum atomic E-state index is 9.87. The number of benzene rings is 1. The number of rotatable bonds is 5. The maximum absolute atomic E-state index is 9.87. The van der Waals surface area contributed by atoms with Gasteiger partial charge in [-0.1, -0.05) is 31.4 Å². The van der Waals surface area contributed by atoms with Gasteiger partial charge < -0.3 is 5.11 Å². The zero-order chi connectivity index (χ0) is 14.4. The Morgan fingerprint density at radius 1 is 1.42 bits per heavy atom. The highest BCUT2D eigenvalue weighted by Crippen LogP contribution is 2.31. The largest absolute Gasteiger partial charge is 0.387 e. The molecule has 2 rings (SSSR count). The van der Waals surface area contributed by atoms with Gasteiger partial charge in [0.05, 0.1) is 20.0 Å². The number of hydrogen-bond donors (Lipinski definition) is 1. The van der Waals surface area contributed by atoms with Crippen molar-refractivity contribution in [2.45, 2.75) is 49.5 Å². The number of aliphatic hydroxyl groups excluding tert-OH is 1. The Bertz CT molecular complexity index is 480. The van der Waals surface area contributed by atoms with Crippen LogP contribution in [0.5, 0.6) is 0 Å². The molecule has 1 unspecified atom stereocenters. The van der Waals surface area contributed by atoms with Gasteiger partial charge in [0.1, 0.15) is 0 Å². The fourth-order valence-corrected chi connectivity index (χ4v) is 3.65. The second-order valence-electron chi connectivity index (χ2n) is 5.20. The van der Waals surface area contributed by atoms with Gasteiger partial charge in [-0.05, 0) is 36.5 Å². The Hall–Kier alpha value is -0.980. The Morgan fingerprint density at radius 3 is 2.95 bits per heavy atom. The summed E-state index contributed by atoms with van der Waals surface area (Å²) in [6.45, 7) is 0. The van der Waals surface area contributed by atoms with E-state index in [4.69, 9.17) is 6.63 Å². The van der Waals surface area contributed by atoms with Crippen LogP contribution in [0.1, 0.15) is 51.6 Å². The van der Waals surface area contributed by atoms with Gasteiger partial charge in [-0.3, -0.25) is 0 Å². The van der Waals surface area contributed by atoms with Crippen molar-refractivity contribution in [3.8, 4) is 6.07 Å². The number of thioether (sulfide) groups is 1. The van der Waals surface area contributed by atoms with E-state index in [1.54, 1.807) is 17.8 Å². The van der Waals surface area contributed by atoms with Gasteiger partial charge in [0, 0.05) is 10.6 Å². The van der Waals surface area contributed by atoms with Crippen molar-refractivity contribution in [3.63, 3.8) is 0 Å². The van der Waals surface area contributed by atoms with Crippen LogP contribution in [-0.4, -0.2) is 10.9 Å². The van der Waals surface area contributed by atoms with Crippen LogP contribution in [0.2, 0.25) is 0 Å².